The van der Waals surface area contributed by atoms with E-state index in [-0.39, 0.29) is 24.2 Å². The van der Waals surface area contributed by atoms with Crippen LogP contribution in [-0.4, -0.2) is 37.4 Å². The van der Waals surface area contributed by atoms with E-state index in [1.165, 1.54) is 0 Å². The van der Waals surface area contributed by atoms with Gasteiger partial charge in [0, 0.05) is 33.3 Å². The molecular formula is C12H16N4O2. The first-order valence-corrected chi connectivity index (χ1v) is 5.78. The quantitative estimate of drug-likeness (QED) is 0.802. The molecule has 1 aromatic heterocycles. The molecule has 1 aromatic rings. The van der Waals surface area contributed by atoms with Crippen molar-refractivity contribution in [2.45, 2.75) is 6.42 Å². The van der Waals surface area contributed by atoms with Gasteiger partial charge < -0.3 is 15.5 Å². The minimum atomic E-state index is -0.298. The summed E-state index contributed by atoms with van der Waals surface area (Å²) in [6, 6.07) is 3.56. The molecule has 0 radical (unpaired) electrons. The van der Waals surface area contributed by atoms with Crippen LogP contribution in [0.2, 0.25) is 0 Å². The Hall–Kier alpha value is -2.11. The average Bonchev–Trinajstić information content (AvgIpc) is 2.76. The number of pyridine rings is 1. The monoisotopic (exact) mass is 248 g/mol. The fourth-order valence-corrected chi connectivity index (χ4v) is 1.88. The van der Waals surface area contributed by atoms with Crippen molar-refractivity contribution in [1.82, 2.24) is 10.3 Å². The van der Waals surface area contributed by atoms with Crippen molar-refractivity contribution in [3.05, 3.63) is 18.3 Å². The second-order valence-corrected chi connectivity index (χ2v) is 4.46. The normalized spacial score (nSPS) is 18.3. The first-order chi connectivity index (χ1) is 8.58. The molecule has 6 heteroatoms. The summed E-state index contributed by atoms with van der Waals surface area (Å²) in [5, 5.41) is 5.47. The van der Waals surface area contributed by atoms with Gasteiger partial charge in [-0.25, -0.2) is 4.98 Å². The lowest BCUT2D eigenvalue weighted by Gasteiger charge is -2.17. The van der Waals surface area contributed by atoms with Crippen LogP contribution in [0.15, 0.2) is 18.3 Å². The number of hydrogen-bond donors (Lipinski definition) is 2. The molecule has 0 aromatic carbocycles. The first kappa shape index (κ1) is 12.3. The van der Waals surface area contributed by atoms with Crippen LogP contribution < -0.4 is 15.5 Å². The van der Waals surface area contributed by atoms with Crippen molar-refractivity contribution < 1.29 is 9.59 Å². The lowest BCUT2D eigenvalue weighted by atomic mass is 10.1. The zero-order valence-electron chi connectivity index (χ0n) is 10.4. The number of nitrogens with one attached hydrogen (secondary N) is 2. The Labute approximate surface area is 105 Å². The van der Waals surface area contributed by atoms with E-state index < -0.39 is 0 Å². The third kappa shape index (κ3) is 2.58. The van der Waals surface area contributed by atoms with Gasteiger partial charge in [0.25, 0.3) is 0 Å². The van der Waals surface area contributed by atoms with Crippen LogP contribution in [0.3, 0.4) is 0 Å². The SMILES string of the molecule is CN(C)c1ncccc1NC(=O)C1CNC(=O)C1. The third-order valence-corrected chi connectivity index (χ3v) is 2.82. The number of nitrogens with zero attached hydrogens (tertiary/aromatic N) is 2. The van der Waals surface area contributed by atoms with Gasteiger partial charge in [-0.1, -0.05) is 0 Å². The predicted molar refractivity (Wildman–Crippen MR) is 68.3 cm³/mol. The van der Waals surface area contributed by atoms with Crippen molar-refractivity contribution in [1.29, 1.82) is 0 Å². The number of anilines is 2. The molecule has 0 spiro atoms. The fraction of sp³-hybridized carbons (Fsp3) is 0.417. The molecule has 1 unspecified atom stereocenters. The summed E-state index contributed by atoms with van der Waals surface area (Å²) in [6.07, 6.45) is 1.93. The van der Waals surface area contributed by atoms with Gasteiger partial charge in [0.1, 0.15) is 0 Å². The zero-order chi connectivity index (χ0) is 13.1. The van der Waals surface area contributed by atoms with Gasteiger partial charge in [0.05, 0.1) is 11.6 Å². The van der Waals surface area contributed by atoms with Crippen molar-refractivity contribution >= 4 is 23.3 Å². The Morgan fingerprint density at radius 2 is 2.33 bits per heavy atom. The van der Waals surface area contributed by atoms with Crippen LogP contribution >= 0.6 is 0 Å². The van der Waals surface area contributed by atoms with Crippen molar-refractivity contribution in [2.24, 2.45) is 5.92 Å². The minimum Gasteiger partial charge on any atom is -0.361 e. The van der Waals surface area contributed by atoms with Crippen LogP contribution in [0.25, 0.3) is 0 Å². The number of amides is 2. The van der Waals surface area contributed by atoms with Crippen molar-refractivity contribution in [2.75, 3.05) is 30.9 Å². The molecule has 1 fully saturated rings. The molecule has 1 aliphatic rings. The molecule has 2 heterocycles. The maximum absolute atomic E-state index is 12.0. The van der Waals surface area contributed by atoms with E-state index in [1.807, 2.05) is 19.0 Å². The smallest absolute Gasteiger partial charge is 0.229 e. The van der Waals surface area contributed by atoms with Crippen LogP contribution in [0.4, 0.5) is 11.5 Å². The second kappa shape index (κ2) is 5.03. The molecular weight excluding hydrogens is 232 g/mol. The summed E-state index contributed by atoms with van der Waals surface area (Å²) in [7, 11) is 3.72. The van der Waals surface area contributed by atoms with E-state index in [9.17, 15) is 9.59 Å². The van der Waals surface area contributed by atoms with Gasteiger partial charge in [0.15, 0.2) is 5.82 Å². The Bertz CT molecular complexity index is 473. The molecule has 6 nitrogen and oxygen atoms in total. The summed E-state index contributed by atoms with van der Waals surface area (Å²) in [5.74, 6) is 0.175. The number of carbonyl (C=O) groups is 2. The van der Waals surface area contributed by atoms with Crippen molar-refractivity contribution in [3.63, 3.8) is 0 Å². The summed E-state index contributed by atoms with van der Waals surface area (Å²) in [6.45, 7) is 0.405. The van der Waals surface area contributed by atoms with Gasteiger partial charge >= 0.3 is 0 Å². The standard InChI is InChI=1S/C12H16N4O2/c1-16(2)11-9(4-3-5-13-11)15-12(18)8-6-10(17)14-7-8/h3-5,8H,6-7H2,1-2H3,(H,14,17)(H,15,18). The van der Waals surface area contributed by atoms with Gasteiger partial charge in [0.2, 0.25) is 11.8 Å². The fourth-order valence-electron chi connectivity index (χ4n) is 1.88. The average molecular weight is 248 g/mol. The van der Waals surface area contributed by atoms with E-state index in [4.69, 9.17) is 0 Å². The number of carbonyl (C=O) groups excluding carboxylic acids is 2. The van der Waals surface area contributed by atoms with E-state index in [2.05, 4.69) is 15.6 Å². The van der Waals surface area contributed by atoms with Crippen LogP contribution in [-0.2, 0) is 9.59 Å². The zero-order valence-corrected chi connectivity index (χ0v) is 10.4. The predicted octanol–water partition coefficient (Wildman–Crippen LogP) is 0.222. The summed E-state index contributed by atoms with van der Waals surface area (Å²) in [5.41, 5.74) is 0.659. The number of hydrogen-bond acceptors (Lipinski definition) is 4. The molecule has 1 saturated heterocycles. The van der Waals surface area contributed by atoms with Gasteiger partial charge in [-0.2, -0.15) is 0 Å². The molecule has 0 saturated carbocycles. The number of rotatable bonds is 3. The summed E-state index contributed by atoms with van der Waals surface area (Å²) in [4.78, 5) is 29.1. The molecule has 2 N–H and O–H groups in total. The molecule has 2 rings (SSSR count). The minimum absolute atomic E-state index is 0.0748. The molecule has 0 bridgehead atoms. The highest BCUT2D eigenvalue weighted by atomic mass is 16.2. The molecule has 1 aliphatic heterocycles. The highest BCUT2D eigenvalue weighted by Crippen LogP contribution is 2.22. The second-order valence-electron chi connectivity index (χ2n) is 4.46. The van der Waals surface area contributed by atoms with Crippen LogP contribution in [0, 0.1) is 5.92 Å². The van der Waals surface area contributed by atoms with Crippen LogP contribution in [0.5, 0.6) is 0 Å². The van der Waals surface area contributed by atoms with E-state index in [1.54, 1.807) is 18.3 Å². The van der Waals surface area contributed by atoms with Crippen molar-refractivity contribution in [3.8, 4) is 0 Å². The Balaban J connectivity index is 2.09. The Morgan fingerprint density at radius 1 is 1.56 bits per heavy atom. The maximum atomic E-state index is 12.0. The third-order valence-electron chi connectivity index (χ3n) is 2.82. The highest BCUT2D eigenvalue weighted by Gasteiger charge is 2.28. The van der Waals surface area contributed by atoms with Gasteiger partial charge in [-0.15, -0.1) is 0 Å². The molecule has 1 atom stereocenters. The highest BCUT2D eigenvalue weighted by molar-refractivity contribution is 5.98. The largest absolute Gasteiger partial charge is 0.361 e. The molecule has 0 aliphatic carbocycles. The lowest BCUT2D eigenvalue weighted by Crippen LogP contribution is -2.26. The molecule has 96 valence electrons. The van der Waals surface area contributed by atoms with E-state index in [0.717, 1.165) is 0 Å². The first-order valence-electron chi connectivity index (χ1n) is 5.78. The summed E-state index contributed by atoms with van der Waals surface area (Å²) >= 11 is 0. The Kier molecular flexibility index (Phi) is 3.45. The topological polar surface area (TPSA) is 74.3 Å². The van der Waals surface area contributed by atoms with Gasteiger partial charge in [-0.3, -0.25) is 9.59 Å². The van der Waals surface area contributed by atoms with Crippen LogP contribution in [0.1, 0.15) is 6.42 Å². The lowest BCUT2D eigenvalue weighted by molar-refractivity contribution is -0.123. The maximum Gasteiger partial charge on any atom is 0.229 e. The molecule has 18 heavy (non-hydrogen) atoms. The Morgan fingerprint density at radius 3 is 2.94 bits per heavy atom. The molecule has 2 amide bonds. The summed E-state index contributed by atoms with van der Waals surface area (Å²) < 4.78 is 0. The van der Waals surface area contributed by atoms with E-state index in [0.29, 0.717) is 18.1 Å². The van der Waals surface area contributed by atoms with E-state index >= 15 is 0 Å². The number of aromatic nitrogens is 1. The van der Waals surface area contributed by atoms with Gasteiger partial charge in [-0.05, 0) is 12.1 Å².